The summed E-state index contributed by atoms with van der Waals surface area (Å²) < 4.78 is 0. The summed E-state index contributed by atoms with van der Waals surface area (Å²) in [6.45, 7) is 8.50. The van der Waals surface area contributed by atoms with Crippen LogP contribution in [-0.2, 0) is 14.4 Å². The van der Waals surface area contributed by atoms with E-state index < -0.39 is 0 Å². The summed E-state index contributed by atoms with van der Waals surface area (Å²) in [7, 11) is 0. The van der Waals surface area contributed by atoms with E-state index in [4.69, 9.17) is 0 Å². The Hall–Kier alpha value is -2.37. The first kappa shape index (κ1) is 23.7. The van der Waals surface area contributed by atoms with Crippen LogP contribution in [0.5, 0.6) is 0 Å². The smallest absolute Gasteiger partial charge is 0.243 e. The van der Waals surface area contributed by atoms with Crippen LogP contribution in [0.2, 0.25) is 0 Å². The van der Waals surface area contributed by atoms with Crippen molar-refractivity contribution in [2.75, 3.05) is 25.0 Å². The van der Waals surface area contributed by atoms with Crippen molar-refractivity contribution < 1.29 is 14.4 Å². The lowest BCUT2D eigenvalue weighted by Crippen LogP contribution is -2.45. The first-order valence-corrected chi connectivity index (χ1v) is 10.3. The molecule has 156 valence electrons. The van der Waals surface area contributed by atoms with Crippen molar-refractivity contribution in [1.29, 1.82) is 0 Å². The average Bonchev–Trinajstić information content (AvgIpc) is 2.68. The lowest BCUT2D eigenvalue weighted by atomic mass is 9.97. The van der Waals surface area contributed by atoms with Crippen LogP contribution in [0.3, 0.4) is 0 Å². The first-order valence-electron chi connectivity index (χ1n) is 10.3. The molecule has 0 aliphatic heterocycles. The summed E-state index contributed by atoms with van der Waals surface area (Å²) >= 11 is 0. The number of hydrogen-bond donors (Lipinski definition) is 2. The number of nitrogens with zero attached hydrogens (tertiary/aromatic N) is 1. The van der Waals surface area contributed by atoms with E-state index in [9.17, 15) is 14.4 Å². The lowest BCUT2D eigenvalue weighted by Gasteiger charge is -2.26. The SMILES string of the molecule is CCCC[C@@H](CC)C(=O)N(CCC)CC(=O)NCC(=O)Nc1ccc(C)cc1. The Morgan fingerprint density at radius 3 is 2.25 bits per heavy atom. The predicted octanol–water partition coefficient (Wildman–Crippen LogP) is 3.50. The van der Waals surface area contributed by atoms with E-state index in [1.807, 2.05) is 45.0 Å². The summed E-state index contributed by atoms with van der Waals surface area (Å²) in [5.74, 6) is -0.604. The molecule has 28 heavy (non-hydrogen) atoms. The van der Waals surface area contributed by atoms with Gasteiger partial charge < -0.3 is 15.5 Å². The molecular formula is C22H35N3O3. The zero-order valence-electron chi connectivity index (χ0n) is 17.7. The number of benzene rings is 1. The second-order valence-corrected chi connectivity index (χ2v) is 7.20. The van der Waals surface area contributed by atoms with Gasteiger partial charge in [0, 0.05) is 18.2 Å². The molecule has 0 bridgehead atoms. The van der Waals surface area contributed by atoms with Crippen LogP contribution in [-0.4, -0.2) is 42.3 Å². The van der Waals surface area contributed by atoms with Crippen molar-refractivity contribution in [3.8, 4) is 0 Å². The maximum atomic E-state index is 12.8. The zero-order chi connectivity index (χ0) is 20.9. The van der Waals surface area contributed by atoms with Crippen molar-refractivity contribution in [3.63, 3.8) is 0 Å². The molecule has 0 saturated carbocycles. The summed E-state index contributed by atoms with van der Waals surface area (Å²) in [4.78, 5) is 38.7. The van der Waals surface area contributed by atoms with Gasteiger partial charge in [0.2, 0.25) is 17.7 Å². The van der Waals surface area contributed by atoms with Crippen LogP contribution >= 0.6 is 0 Å². The second kappa shape index (κ2) is 12.9. The Morgan fingerprint density at radius 1 is 1.00 bits per heavy atom. The van der Waals surface area contributed by atoms with Gasteiger partial charge in [0.25, 0.3) is 0 Å². The maximum Gasteiger partial charge on any atom is 0.243 e. The molecule has 6 nitrogen and oxygen atoms in total. The highest BCUT2D eigenvalue weighted by Gasteiger charge is 2.23. The number of unbranched alkanes of at least 4 members (excludes halogenated alkanes) is 1. The van der Waals surface area contributed by atoms with Gasteiger partial charge in [0.15, 0.2) is 0 Å². The van der Waals surface area contributed by atoms with Gasteiger partial charge >= 0.3 is 0 Å². The third kappa shape index (κ3) is 8.55. The van der Waals surface area contributed by atoms with Gasteiger partial charge in [0.1, 0.15) is 0 Å². The van der Waals surface area contributed by atoms with E-state index >= 15 is 0 Å². The Labute approximate surface area is 169 Å². The second-order valence-electron chi connectivity index (χ2n) is 7.20. The highest BCUT2D eigenvalue weighted by atomic mass is 16.2. The third-order valence-electron chi connectivity index (χ3n) is 4.67. The number of hydrogen-bond acceptors (Lipinski definition) is 3. The Morgan fingerprint density at radius 2 is 1.68 bits per heavy atom. The van der Waals surface area contributed by atoms with E-state index in [1.54, 1.807) is 4.90 Å². The van der Waals surface area contributed by atoms with Gasteiger partial charge in [-0.3, -0.25) is 14.4 Å². The fourth-order valence-electron chi connectivity index (χ4n) is 3.00. The maximum absolute atomic E-state index is 12.8. The van der Waals surface area contributed by atoms with E-state index in [1.165, 1.54) is 0 Å². The van der Waals surface area contributed by atoms with E-state index in [0.29, 0.717) is 12.2 Å². The largest absolute Gasteiger partial charge is 0.345 e. The molecule has 0 unspecified atom stereocenters. The highest BCUT2D eigenvalue weighted by molar-refractivity contribution is 5.95. The van der Waals surface area contributed by atoms with E-state index in [0.717, 1.165) is 37.7 Å². The third-order valence-corrected chi connectivity index (χ3v) is 4.67. The van der Waals surface area contributed by atoms with Gasteiger partial charge in [-0.15, -0.1) is 0 Å². The minimum atomic E-state index is -0.314. The molecule has 0 aliphatic rings. The summed E-state index contributed by atoms with van der Waals surface area (Å²) in [6, 6.07) is 7.45. The van der Waals surface area contributed by atoms with Crippen molar-refractivity contribution in [3.05, 3.63) is 29.8 Å². The van der Waals surface area contributed by atoms with Crippen molar-refractivity contribution in [2.24, 2.45) is 5.92 Å². The number of anilines is 1. The molecule has 2 N–H and O–H groups in total. The molecule has 1 aromatic carbocycles. The molecule has 0 heterocycles. The number of carbonyl (C=O) groups excluding carboxylic acids is 3. The molecular weight excluding hydrogens is 354 g/mol. The molecule has 0 fully saturated rings. The fraction of sp³-hybridized carbons (Fsp3) is 0.591. The number of carbonyl (C=O) groups is 3. The standard InChI is InChI=1S/C22H35N3O3/c1-5-8-9-18(7-3)22(28)25(14-6-2)16-21(27)23-15-20(26)24-19-12-10-17(4)11-13-19/h10-13,18H,5-9,14-16H2,1-4H3,(H,23,27)(H,24,26)/t18-/m1/s1. The minimum Gasteiger partial charge on any atom is -0.345 e. The molecule has 0 saturated heterocycles. The molecule has 1 atom stereocenters. The van der Waals surface area contributed by atoms with Crippen LogP contribution in [0.1, 0.15) is 58.4 Å². The van der Waals surface area contributed by atoms with Gasteiger partial charge in [-0.05, 0) is 38.3 Å². The van der Waals surface area contributed by atoms with Crippen molar-refractivity contribution in [1.82, 2.24) is 10.2 Å². The Balaban J connectivity index is 2.52. The molecule has 0 aliphatic carbocycles. The number of aryl methyl sites for hydroxylation is 1. The van der Waals surface area contributed by atoms with Gasteiger partial charge in [-0.1, -0.05) is 51.3 Å². The van der Waals surface area contributed by atoms with Gasteiger partial charge in [-0.25, -0.2) is 0 Å². The summed E-state index contributed by atoms with van der Waals surface area (Å²) in [5.41, 5.74) is 1.80. The van der Waals surface area contributed by atoms with Crippen LogP contribution in [0, 0.1) is 12.8 Å². The minimum absolute atomic E-state index is 0.00684. The zero-order valence-corrected chi connectivity index (χ0v) is 17.7. The molecule has 3 amide bonds. The average molecular weight is 390 g/mol. The van der Waals surface area contributed by atoms with Crippen LogP contribution < -0.4 is 10.6 Å². The highest BCUT2D eigenvalue weighted by Crippen LogP contribution is 2.16. The van der Waals surface area contributed by atoms with Crippen molar-refractivity contribution in [2.45, 2.75) is 59.8 Å². The number of nitrogens with one attached hydrogen (secondary N) is 2. The van der Waals surface area contributed by atoms with E-state index in [2.05, 4.69) is 17.6 Å². The quantitative estimate of drug-likeness (QED) is 0.574. The number of rotatable bonds is 12. The van der Waals surface area contributed by atoms with Gasteiger partial charge in [-0.2, -0.15) is 0 Å². The molecule has 0 aromatic heterocycles. The summed E-state index contributed by atoms with van der Waals surface area (Å²) in [6.07, 6.45) is 4.48. The molecule has 1 aromatic rings. The van der Waals surface area contributed by atoms with Crippen LogP contribution in [0.4, 0.5) is 5.69 Å². The number of amides is 3. The first-order chi connectivity index (χ1) is 13.4. The molecule has 6 heteroatoms. The lowest BCUT2D eigenvalue weighted by molar-refractivity contribution is -0.140. The fourth-order valence-corrected chi connectivity index (χ4v) is 3.00. The molecule has 0 spiro atoms. The van der Waals surface area contributed by atoms with E-state index in [-0.39, 0.29) is 36.7 Å². The summed E-state index contributed by atoms with van der Waals surface area (Å²) in [5, 5.41) is 5.36. The van der Waals surface area contributed by atoms with Gasteiger partial charge in [0.05, 0.1) is 13.1 Å². The van der Waals surface area contributed by atoms with Crippen LogP contribution in [0.25, 0.3) is 0 Å². The topological polar surface area (TPSA) is 78.5 Å². The normalized spacial score (nSPS) is 11.6. The Bertz CT molecular complexity index is 628. The monoisotopic (exact) mass is 389 g/mol. The molecule has 1 rings (SSSR count). The molecule has 0 radical (unpaired) electrons. The predicted molar refractivity (Wildman–Crippen MR) is 113 cm³/mol. The van der Waals surface area contributed by atoms with Crippen molar-refractivity contribution >= 4 is 23.4 Å². The Kier molecular flexibility index (Phi) is 10.9. The van der Waals surface area contributed by atoms with Crippen LogP contribution in [0.15, 0.2) is 24.3 Å².